The molecule has 0 bridgehead atoms. The van der Waals surface area contributed by atoms with Crippen LogP contribution >= 0.6 is 11.8 Å². The van der Waals surface area contributed by atoms with Crippen LogP contribution in [0.4, 0.5) is 4.79 Å². The third-order valence-electron chi connectivity index (χ3n) is 2.46. The van der Waals surface area contributed by atoms with Gasteiger partial charge in [-0.2, -0.15) is 0 Å². The number of nitrogens with one attached hydrogen (secondary N) is 1. The fourth-order valence-corrected chi connectivity index (χ4v) is 3.04. The second kappa shape index (κ2) is 2.16. The number of hydrogen-bond donors (Lipinski definition) is 1. The molecule has 1 amide bonds. The van der Waals surface area contributed by atoms with Crippen LogP contribution in [0.25, 0.3) is 0 Å². The first-order chi connectivity index (χ1) is 4.77. The van der Waals surface area contributed by atoms with Gasteiger partial charge < -0.3 is 5.32 Å². The maximum absolute atomic E-state index is 10.9. The number of carbonyl (C=O) groups excluding carboxylic acids is 1. The predicted octanol–water partition coefficient (Wildman–Crippen LogP) is 1.61. The molecule has 3 unspecified atom stereocenters. The van der Waals surface area contributed by atoms with E-state index in [1.807, 2.05) is 0 Å². The molecule has 3 heteroatoms. The van der Waals surface area contributed by atoms with E-state index in [-0.39, 0.29) is 5.24 Å². The second-order valence-electron chi connectivity index (χ2n) is 3.17. The quantitative estimate of drug-likeness (QED) is 0.579. The van der Waals surface area contributed by atoms with Crippen molar-refractivity contribution in [3.63, 3.8) is 0 Å². The summed E-state index contributed by atoms with van der Waals surface area (Å²) < 4.78 is 0. The number of fused-ring (bicyclic) bond motifs is 1. The Hall–Kier alpha value is -0.180. The smallest absolute Gasteiger partial charge is 0.279 e. The van der Waals surface area contributed by atoms with E-state index in [2.05, 4.69) is 12.2 Å². The Labute approximate surface area is 64.8 Å². The summed E-state index contributed by atoms with van der Waals surface area (Å²) in [4.78, 5) is 10.9. The van der Waals surface area contributed by atoms with Crippen molar-refractivity contribution in [2.45, 2.75) is 31.1 Å². The summed E-state index contributed by atoms with van der Waals surface area (Å²) in [6, 6.07) is 0.484. The number of thioether (sulfide) groups is 1. The van der Waals surface area contributed by atoms with Crippen LogP contribution in [0.5, 0.6) is 0 Å². The normalized spacial score (nSPS) is 45.3. The molecule has 0 aromatic rings. The molecule has 10 heavy (non-hydrogen) atoms. The molecule has 1 aliphatic heterocycles. The van der Waals surface area contributed by atoms with Gasteiger partial charge in [-0.05, 0) is 18.8 Å². The highest BCUT2D eigenvalue weighted by atomic mass is 32.2. The van der Waals surface area contributed by atoms with Gasteiger partial charge in [-0.3, -0.25) is 4.79 Å². The van der Waals surface area contributed by atoms with Crippen molar-refractivity contribution in [2.24, 2.45) is 5.92 Å². The molecule has 0 spiro atoms. The second-order valence-corrected chi connectivity index (χ2v) is 4.38. The highest BCUT2D eigenvalue weighted by Gasteiger charge is 2.41. The summed E-state index contributed by atoms with van der Waals surface area (Å²) in [6.07, 6.45) is 2.50. The van der Waals surface area contributed by atoms with Crippen LogP contribution in [0, 0.1) is 5.92 Å². The van der Waals surface area contributed by atoms with Crippen LogP contribution in [0.15, 0.2) is 0 Å². The zero-order valence-corrected chi connectivity index (χ0v) is 6.78. The Balaban J connectivity index is 2.12. The molecule has 56 valence electrons. The van der Waals surface area contributed by atoms with Crippen molar-refractivity contribution in [2.75, 3.05) is 0 Å². The number of carbonyl (C=O) groups is 1. The minimum Gasteiger partial charge on any atom is -0.343 e. The van der Waals surface area contributed by atoms with E-state index in [1.165, 1.54) is 24.6 Å². The molecule has 0 aromatic heterocycles. The lowest BCUT2D eigenvalue weighted by Crippen LogP contribution is -2.31. The third kappa shape index (κ3) is 0.839. The molecule has 1 saturated carbocycles. The first-order valence-electron chi connectivity index (χ1n) is 3.74. The van der Waals surface area contributed by atoms with Gasteiger partial charge in [-0.25, -0.2) is 0 Å². The van der Waals surface area contributed by atoms with Crippen LogP contribution in [-0.4, -0.2) is 16.5 Å². The van der Waals surface area contributed by atoms with Crippen LogP contribution < -0.4 is 5.32 Å². The standard InChI is InChI=1S/C7H11NOS/c1-4-2-3-5-6(4)8-7(9)10-5/h4-6H,2-3H2,1H3,(H,8,9). The van der Waals surface area contributed by atoms with Crippen molar-refractivity contribution < 1.29 is 4.79 Å². The van der Waals surface area contributed by atoms with Crippen LogP contribution in [0.2, 0.25) is 0 Å². The van der Waals surface area contributed by atoms with E-state index in [1.54, 1.807) is 0 Å². The van der Waals surface area contributed by atoms with Gasteiger partial charge in [0.05, 0.1) is 0 Å². The lowest BCUT2D eigenvalue weighted by molar-refractivity contribution is 0.258. The molecule has 2 aliphatic rings. The van der Waals surface area contributed by atoms with Crippen molar-refractivity contribution in [3.8, 4) is 0 Å². The Morgan fingerprint density at radius 3 is 3.10 bits per heavy atom. The van der Waals surface area contributed by atoms with Gasteiger partial charge in [-0.1, -0.05) is 18.7 Å². The molecule has 3 atom stereocenters. The lowest BCUT2D eigenvalue weighted by Gasteiger charge is -2.11. The van der Waals surface area contributed by atoms with Crippen molar-refractivity contribution in [1.29, 1.82) is 0 Å². The maximum atomic E-state index is 10.9. The maximum Gasteiger partial charge on any atom is 0.279 e. The zero-order valence-electron chi connectivity index (χ0n) is 5.96. The van der Waals surface area contributed by atoms with Gasteiger partial charge in [-0.15, -0.1) is 0 Å². The average molecular weight is 157 g/mol. The summed E-state index contributed by atoms with van der Waals surface area (Å²) in [5.74, 6) is 0.698. The van der Waals surface area contributed by atoms with E-state index in [0.29, 0.717) is 17.2 Å². The van der Waals surface area contributed by atoms with Gasteiger partial charge in [0.15, 0.2) is 0 Å². The van der Waals surface area contributed by atoms with E-state index in [4.69, 9.17) is 0 Å². The molecule has 0 aromatic carbocycles. The molecule has 2 nitrogen and oxygen atoms in total. The highest BCUT2D eigenvalue weighted by Crippen LogP contribution is 2.38. The monoisotopic (exact) mass is 157 g/mol. The Morgan fingerprint density at radius 1 is 1.60 bits per heavy atom. The van der Waals surface area contributed by atoms with Crippen molar-refractivity contribution in [1.82, 2.24) is 5.32 Å². The van der Waals surface area contributed by atoms with Gasteiger partial charge >= 0.3 is 0 Å². The Bertz CT molecular complexity index is 171. The van der Waals surface area contributed by atoms with Crippen LogP contribution in [-0.2, 0) is 0 Å². The molecular weight excluding hydrogens is 146 g/mol. The predicted molar refractivity (Wildman–Crippen MR) is 42.1 cm³/mol. The molecule has 2 rings (SSSR count). The molecule has 0 radical (unpaired) electrons. The van der Waals surface area contributed by atoms with Crippen molar-refractivity contribution in [3.05, 3.63) is 0 Å². The Kier molecular flexibility index (Phi) is 1.41. The molecule has 1 N–H and O–H groups in total. The lowest BCUT2D eigenvalue weighted by atomic mass is 10.1. The van der Waals surface area contributed by atoms with E-state index < -0.39 is 0 Å². The average Bonchev–Trinajstić information content (AvgIpc) is 2.35. The van der Waals surface area contributed by atoms with Gasteiger partial charge in [0.2, 0.25) is 0 Å². The topological polar surface area (TPSA) is 29.1 Å². The molecule has 1 saturated heterocycles. The summed E-state index contributed by atoms with van der Waals surface area (Å²) in [6.45, 7) is 2.22. The summed E-state index contributed by atoms with van der Waals surface area (Å²) in [5.41, 5.74) is 0. The Morgan fingerprint density at radius 2 is 2.40 bits per heavy atom. The zero-order chi connectivity index (χ0) is 7.14. The molecule has 1 aliphatic carbocycles. The SMILES string of the molecule is CC1CCC2SC(=O)NC12. The summed E-state index contributed by atoms with van der Waals surface area (Å²) in [5, 5.41) is 3.76. The first kappa shape index (κ1) is 6.53. The minimum atomic E-state index is 0.182. The first-order valence-corrected chi connectivity index (χ1v) is 4.62. The van der Waals surface area contributed by atoms with E-state index in [9.17, 15) is 4.79 Å². The van der Waals surface area contributed by atoms with Gasteiger partial charge in [0.1, 0.15) is 0 Å². The fourth-order valence-electron chi connectivity index (χ4n) is 1.83. The number of rotatable bonds is 0. The molecule has 2 fully saturated rings. The van der Waals surface area contributed by atoms with Crippen LogP contribution in [0.3, 0.4) is 0 Å². The fraction of sp³-hybridized carbons (Fsp3) is 0.857. The van der Waals surface area contributed by atoms with Crippen LogP contribution in [0.1, 0.15) is 19.8 Å². The number of amides is 1. The highest BCUT2D eigenvalue weighted by molar-refractivity contribution is 8.14. The van der Waals surface area contributed by atoms with Gasteiger partial charge in [0, 0.05) is 11.3 Å². The summed E-state index contributed by atoms with van der Waals surface area (Å²) >= 11 is 1.49. The molecular formula is C7H11NOS. The molecule has 1 heterocycles. The van der Waals surface area contributed by atoms with E-state index >= 15 is 0 Å². The largest absolute Gasteiger partial charge is 0.343 e. The van der Waals surface area contributed by atoms with Gasteiger partial charge in [0.25, 0.3) is 5.24 Å². The third-order valence-corrected chi connectivity index (χ3v) is 3.63. The van der Waals surface area contributed by atoms with Crippen molar-refractivity contribution >= 4 is 17.0 Å². The summed E-state index contributed by atoms with van der Waals surface area (Å²) in [7, 11) is 0. The minimum absolute atomic E-state index is 0.182. The number of hydrogen-bond acceptors (Lipinski definition) is 2. The van der Waals surface area contributed by atoms with E-state index in [0.717, 1.165) is 0 Å².